The molecule has 3 rings (SSSR count). The lowest BCUT2D eigenvalue weighted by atomic mass is 10.1. The largest absolute Gasteiger partial charge is 0.355 e. The van der Waals surface area contributed by atoms with Crippen LogP contribution in [0.3, 0.4) is 0 Å². The van der Waals surface area contributed by atoms with Crippen LogP contribution in [0, 0.1) is 5.92 Å². The predicted octanol–water partition coefficient (Wildman–Crippen LogP) is 1.63. The smallest absolute Gasteiger partial charge is 0.271 e. The maximum absolute atomic E-state index is 12.4. The predicted molar refractivity (Wildman–Crippen MR) is 98.5 cm³/mol. The van der Waals surface area contributed by atoms with E-state index in [4.69, 9.17) is 0 Å². The van der Waals surface area contributed by atoms with Crippen molar-refractivity contribution in [3.05, 3.63) is 60.2 Å². The molecule has 1 unspecified atom stereocenters. The molecule has 8 heteroatoms. The third-order valence-corrected chi connectivity index (χ3v) is 5.89. The lowest BCUT2D eigenvalue weighted by Crippen LogP contribution is -2.45. The van der Waals surface area contributed by atoms with E-state index in [0.717, 1.165) is 5.69 Å². The van der Waals surface area contributed by atoms with E-state index in [2.05, 4.69) is 16.2 Å². The molecule has 0 spiro atoms. The molecule has 1 fully saturated rings. The highest BCUT2D eigenvalue weighted by molar-refractivity contribution is 7.91. The zero-order chi connectivity index (χ0) is 18.6. The molecule has 0 saturated carbocycles. The molecule has 2 aromatic carbocycles. The van der Waals surface area contributed by atoms with E-state index in [1.54, 1.807) is 24.3 Å². The summed E-state index contributed by atoms with van der Waals surface area (Å²) in [4.78, 5) is 24.5. The summed E-state index contributed by atoms with van der Waals surface area (Å²) in [6.07, 6.45) is 0.274. The molecule has 1 aliphatic heterocycles. The molecule has 2 amide bonds. The molecule has 1 atom stereocenters. The van der Waals surface area contributed by atoms with Gasteiger partial charge in [-0.3, -0.25) is 20.4 Å². The van der Waals surface area contributed by atoms with E-state index in [1.165, 1.54) is 0 Å². The van der Waals surface area contributed by atoms with Gasteiger partial charge < -0.3 is 5.32 Å². The number of nitrogens with one attached hydrogen (secondary N) is 3. The van der Waals surface area contributed by atoms with Crippen LogP contribution in [0.15, 0.2) is 54.6 Å². The Labute approximate surface area is 151 Å². The summed E-state index contributed by atoms with van der Waals surface area (Å²) in [5, 5.41) is 3.15. The Morgan fingerprint density at radius 3 is 2.31 bits per heavy atom. The quantitative estimate of drug-likeness (QED) is 0.707. The zero-order valence-electron chi connectivity index (χ0n) is 13.9. The summed E-state index contributed by atoms with van der Waals surface area (Å²) < 4.78 is 22.9. The van der Waals surface area contributed by atoms with Gasteiger partial charge in [0.25, 0.3) is 5.91 Å². The summed E-state index contributed by atoms with van der Waals surface area (Å²) in [6.45, 7) is 0. The Morgan fingerprint density at radius 2 is 1.62 bits per heavy atom. The van der Waals surface area contributed by atoms with Crippen LogP contribution in [-0.2, 0) is 14.6 Å². The van der Waals surface area contributed by atoms with Crippen LogP contribution in [0.5, 0.6) is 0 Å². The van der Waals surface area contributed by atoms with Crippen molar-refractivity contribution < 1.29 is 18.0 Å². The average molecular weight is 373 g/mol. The second-order valence-corrected chi connectivity index (χ2v) is 8.31. The fourth-order valence-electron chi connectivity index (χ4n) is 2.76. The topological polar surface area (TPSA) is 104 Å². The number of hydrazine groups is 1. The van der Waals surface area contributed by atoms with Crippen molar-refractivity contribution in [2.24, 2.45) is 5.92 Å². The van der Waals surface area contributed by atoms with Crippen molar-refractivity contribution in [3.8, 4) is 0 Å². The van der Waals surface area contributed by atoms with Gasteiger partial charge in [0.2, 0.25) is 5.91 Å². The number of hydrogen-bond acceptors (Lipinski definition) is 5. The first-order chi connectivity index (χ1) is 12.4. The van der Waals surface area contributed by atoms with Gasteiger partial charge >= 0.3 is 0 Å². The first-order valence-electron chi connectivity index (χ1n) is 8.16. The normalized spacial score (nSPS) is 18.1. The Kier molecular flexibility index (Phi) is 5.22. The van der Waals surface area contributed by atoms with Crippen LogP contribution in [0.2, 0.25) is 0 Å². The molecule has 26 heavy (non-hydrogen) atoms. The number of carbonyl (C=O) groups excluding carboxylic acids is 2. The second-order valence-electron chi connectivity index (χ2n) is 6.08. The second kappa shape index (κ2) is 7.57. The van der Waals surface area contributed by atoms with Crippen molar-refractivity contribution >= 4 is 33.0 Å². The molecule has 1 heterocycles. The van der Waals surface area contributed by atoms with Crippen LogP contribution >= 0.6 is 0 Å². The van der Waals surface area contributed by atoms with Gasteiger partial charge in [0.1, 0.15) is 0 Å². The third kappa shape index (κ3) is 4.40. The maximum Gasteiger partial charge on any atom is 0.271 e. The van der Waals surface area contributed by atoms with Crippen LogP contribution < -0.4 is 16.2 Å². The van der Waals surface area contributed by atoms with Gasteiger partial charge in [0.05, 0.1) is 28.7 Å². The van der Waals surface area contributed by atoms with E-state index in [0.29, 0.717) is 11.3 Å². The first kappa shape index (κ1) is 17.9. The van der Waals surface area contributed by atoms with Gasteiger partial charge in [-0.1, -0.05) is 30.3 Å². The number of rotatable bonds is 4. The minimum absolute atomic E-state index is 0.00284. The van der Waals surface area contributed by atoms with Gasteiger partial charge in [-0.15, -0.1) is 0 Å². The van der Waals surface area contributed by atoms with Gasteiger partial charge in [-0.25, -0.2) is 8.42 Å². The SMILES string of the molecule is O=C(NNC(=O)C1CCS(=O)(=O)C1)c1ccccc1Nc1ccccc1. The number of para-hydroxylation sites is 2. The van der Waals surface area contributed by atoms with Crippen molar-refractivity contribution in [2.45, 2.75) is 6.42 Å². The molecule has 0 aliphatic carbocycles. The van der Waals surface area contributed by atoms with Crippen molar-refractivity contribution in [1.82, 2.24) is 10.9 Å². The van der Waals surface area contributed by atoms with Gasteiger partial charge in [-0.05, 0) is 30.7 Å². The molecule has 0 radical (unpaired) electrons. The van der Waals surface area contributed by atoms with Crippen LogP contribution in [-0.4, -0.2) is 31.7 Å². The van der Waals surface area contributed by atoms with E-state index in [9.17, 15) is 18.0 Å². The summed E-state index contributed by atoms with van der Waals surface area (Å²) >= 11 is 0. The van der Waals surface area contributed by atoms with Crippen molar-refractivity contribution in [3.63, 3.8) is 0 Å². The van der Waals surface area contributed by atoms with E-state index < -0.39 is 27.6 Å². The molecule has 7 nitrogen and oxygen atoms in total. The number of anilines is 2. The molecular weight excluding hydrogens is 354 g/mol. The molecule has 0 bridgehead atoms. The monoisotopic (exact) mass is 373 g/mol. The van der Waals surface area contributed by atoms with E-state index in [-0.39, 0.29) is 17.9 Å². The number of benzene rings is 2. The first-order valence-corrected chi connectivity index (χ1v) is 9.98. The number of sulfone groups is 1. The summed E-state index contributed by atoms with van der Waals surface area (Å²) in [6, 6.07) is 16.3. The fraction of sp³-hybridized carbons (Fsp3) is 0.222. The Morgan fingerprint density at radius 1 is 0.923 bits per heavy atom. The number of hydrogen-bond donors (Lipinski definition) is 3. The zero-order valence-corrected chi connectivity index (χ0v) is 14.8. The molecule has 1 aliphatic rings. The summed E-state index contributed by atoms with van der Waals surface area (Å²) in [5.74, 6) is -1.78. The third-order valence-electron chi connectivity index (χ3n) is 4.13. The number of amides is 2. The molecule has 1 saturated heterocycles. The molecule has 2 aromatic rings. The lowest BCUT2D eigenvalue weighted by molar-refractivity contribution is -0.125. The Bertz CT molecular complexity index is 913. The van der Waals surface area contributed by atoms with Crippen LogP contribution in [0.25, 0.3) is 0 Å². The molecule has 136 valence electrons. The average Bonchev–Trinajstić information content (AvgIpc) is 3.01. The molecule has 3 N–H and O–H groups in total. The number of carbonyl (C=O) groups is 2. The van der Waals surface area contributed by atoms with E-state index in [1.807, 2.05) is 30.3 Å². The van der Waals surface area contributed by atoms with Crippen molar-refractivity contribution in [1.29, 1.82) is 0 Å². The van der Waals surface area contributed by atoms with Gasteiger partial charge in [0.15, 0.2) is 9.84 Å². The minimum atomic E-state index is -3.16. The van der Waals surface area contributed by atoms with Gasteiger partial charge in [0, 0.05) is 5.69 Å². The van der Waals surface area contributed by atoms with Crippen LogP contribution in [0.1, 0.15) is 16.8 Å². The highest BCUT2D eigenvalue weighted by atomic mass is 32.2. The Hall–Kier alpha value is -2.87. The maximum atomic E-state index is 12.4. The standard InChI is InChI=1S/C18H19N3O4S/c22-17(13-10-11-26(24,25)12-13)20-21-18(23)15-8-4-5-9-16(15)19-14-6-2-1-3-7-14/h1-9,13,19H,10-12H2,(H,20,22)(H,21,23). The van der Waals surface area contributed by atoms with Crippen LogP contribution in [0.4, 0.5) is 11.4 Å². The summed E-state index contributed by atoms with van der Waals surface area (Å²) in [5.41, 5.74) is 6.45. The molecular formula is C18H19N3O4S. The highest BCUT2D eigenvalue weighted by Gasteiger charge is 2.33. The van der Waals surface area contributed by atoms with Crippen molar-refractivity contribution in [2.75, 3.05) is 16.8 Å². The van der Waals surface area contributed by atoms with E-state index >= 15 is 0 Å². The van der Waals surface area contributed by atoms with Gasteiger partial charge in [-0.2, -0.15) is 0 Å². The fourth-order valence-corrected chi connectivity index (χ4v) is 4.50. The Balaban J connectivity index is 1.64. The molecule has 0 aromatic heterocycles. The summed E-state index contributed by atoms with van der Waals surface area (Å²) in [7, 11) is -3.16. The minimum Gasteiger partial charge on any atom is -0.355 e. The lowest BCUT2D eigenvalue weighted by Gasteiger charge is -2.14. The highest BCUT2D eigenvalue weighted by Crippen LogP contribution is 2.21.